The Kier molecular flexibility index (Phi) is 5.74. The van der Waals surface area contributed by atoms with E-state index in [1.54, 1.807) is 19.5 Å². The van der Waals surface area contributed by atoms with Crippen LogP contribution in [0.2, 0.25) is 0 Å². The highest BCUT2D eigenvalue weighted by atomic mass is 16.5. The first-order valence-electron chi connectivity index (χ1n) is 9.93. The molecule has 0 amide bonds. The fourth-order valence-electron chi connectivity index (χ4n) is 3.74. The van der Waals surface area contributed by atoms with Crippen molar-refractivity contribution in [1.82, 2.24) is 24.4 Å². The molecule has 3 aromatic rings. The van der Waals surface area contributed by atoms with Crippen LogP contribution in [0.1, 0.15) is 27.2 Å². The zero-order valence-corrected chi connectivity index (χ0v) is 17.2. The zero-order valence-electron chi connectivity index (χ0n) is 17.2. The number of carbonyl (C=O) groups is 1. The Morgan fingerprint density at radius 2 is 2.00 bits per heavy atom. The molecule has 0 atom stereocenters. The second-order valence-corrected chi connectivity index (χ2v) is 7.56. The lowest BCUT2D eigenvalue weighted by Gasteiger charge is -2.34. The maximum Gasteiger partial charge on any atom is 0.198 e. The highest BCUT2D eigenvalue weighted by Gasteiger charge is 2.24. The normalized spacial score (nSPS) is 15.2. The number of nitriles is 1. The molecule has 0 N–H and O–H groups in total. The van der Waals surface area contributed by atoms with Gasteiger partial charge in [0.15, 0.2) is 11.4 Å². The first-order chi connectivity index (χ1) is 14.6. The monoisotopic (exact) mass is 404 g/mol. The van der Waals surface area contributed by atoms with Crippen molar-refractivity contribution in [2.45, 2.75) is 13.5 Å². The number of methoxy groups -OCH3 is 1. The molecule has 2 aromatic heterocycles. The molecule has 1 aliphatic rings. The molecule has 154 valence electrons. The summed E-state index contributed by atoms with van der Waals surface area (Å²) in [5.74, 6) is 0.720. The molecule has 0 radical (unpaired) electrons. The van der Waals surface area contributed by atoms with E-state index >= 15 is 0 Å². The topological polar surface area (TPSA) is 86.8 Å². The van der Waals surface area contributed by atoms with Gasteiger partial charge in [-0.3, -0.25) is 14.6 Å². The standard InChI is InChI=1S/C22H24N6O2/c1-16-12-24-22-19(11-23)21(25-28(22)13-16)20(29)15-27-8-6-26(7-9-27)14-17-4-3-5-18(10-17)30-2/h3-5,10,12-13H,6-9,14-15H2,1-2H3. The second kappa shape index (κ2) is 8.61. The van der Waals surface area contributed by atoms with Gasteiger partial charge in [-0.2, -0.15) is 10.4 Å². The van der Waals surface area contributed by atoms with E-state index in [4.69, 9.17) is 4.74 Å². The number of aryl methyl sites for hydroxylation is 1. The summed E-state index contributed by atoms with van der Waals surface area (Å²) in [5.41, 5.74) is 3.01. The van der Waals surface area contributed by atoms with E-state index in [1.165, 1.54) is 10.1 Å². The quantitative estimate of drug-likeness (QED) is 0.580. The van der Waals surface area contributed by atoms with Crippen molar-refractivity contribution in [3.8, 4) is 11.8 Å². The number of piperazine rings is 1. The third-order valence-electron chi connectivity index (χ3n) is 5.35. The molecular weight excluding hydrogens is 380 g/mol. The largest absolute Gasteiger partial charge is 0.497 e. The SMILES string of the molecule is COc1cccc(CN2CCN(CC(=O)c3nn4cc(C)cnc4c3C#N)CC2)c1. The number of aromatic nitrogens is 3. The van der Waals surface area contributed by atoms with E-state index in [-0.39, 0.29) is 23.6 Å². The minimum absolute atomic E-state index is 0.143. The van der Waals surface area contributed by atoms with E-state index in [0.717, 1.165) is 44.0 Å². The number of fused-ring (bicyclic) bond motifs is 1. The smallest absolute Gasteiger partial charge is 0.198 e. The van der Waals surface area contributed by atoms with Gasteiger partial charge in [-0.1, -0.05) is 12.1 Å². The van der Waals surface area contributed by atoms with Gasteiger partial charge in [-0.15, -0.1) is 0 Å². The van der Waals surface area contributed by atoms with E-state index in [0.29, 0.717) is 5.65 Å². The van der Waals surface area contributed by atoms with Crippen molar-refractivity contribution in [3.05, 3.63) is 59.0 Å². The highest BCUT2D eigenvalue weighted by Crippen LogP contribution is 2.17. The first-order valence-corrected chi connectivity index (χ1v) is 9.93. The lowest BCUT2D eigenvalue weighted by atomic mass is 10.1. The second-order valence-electron chi connectivity index (χ2n) is 7.56. The number of Topliss-reactive ketones (excluding diaryl/α,β-unsaturated/α-hetero) is 1. The van der Waals surface area contributed by atoms with Crippen LogP contribution in [0.15, 0.2) is 36.7 Å². The van der Waals surface area contributed by atoms with Crippen LogP contribution in [0.4, 0.5) is 0 Å². The van der Waals surface area contributed by atoms with E-state index in [2.05, 4.69) is 38.1 Å². The van der Waals surface area contributed by atoms with Crippen molar-refractivity contribution in [2.24, 2.45) is 0 Å². The van der Waals surface area contributed by atoms with E-state index in [1.807, 2.05) is 19.1 Å². The van der Waals surface area contributed by atoms with Crippen molar-refractivity contribution in [3.63, 3.8) is 0 Å². The molecule has 8 heteroatoms. The van der Waals surface area contributed by atoms with Gasteiger partial charge in [0.05, 0.1) is 13.7 Å². The fourth-order valence-corrected chi connectivity index (χ4v) is 3.74. The molecule has 8 nitrogen and oxygen atoms in total. The Bertz CT molecular complexity index is 1110. The molecule has 3 heterocycles. The fraction of sp³-hybridized carbons (Fsp3) is 0.364. The average molecular weight is 404 g/mol. The number of ketones is 1. The summed E-state index contributed by atoms with van der Waals surface area (Å²) in [6.07, 6.45) is 3.45. The molecule has 0 aliphatic carbocycles. The van der Waals surface area contributed by atoms with E-state index < -0.39 is 0 Å². The van der Waals surface area contributed by atoms with Crippen molar-refractivity contribution < 1.29 is 9.53 Å². The van der Waals surface area contributed by atoms with Gasteiger partial charge < -0.3 is 4.74 Å². The number of hydrogen-bond donors (Lipinski definition) is 0. The summed E-state index contributed by atoms with van der Waals surface area (Å²) >= 11 is 0. The highest BCUT2D eigenvalue weighted by molar-refractivity contribution is 5.99. The van der Waals surface area contributed by atoms with Gasteiger partial charge in [0, 0.05) is 45.1 Å². The van der Waals surface area contributed by atoms with Crippen LogP contribution in [0.25, 0.3) is 5.65 Å². The Hall–Kier alpha value is -3.28. The predicted octanol–water partition coefficient (Wildman–Crippen LogP) is 1.92. The maximum atomic E-state index is 12.9. The van der Waals surface area contributed by atoms with Gasteiger partial charge in [-0.25, -0.2) is 9.50 Å². The van der Waals surface area contributed by atoms with Crippen LogP contribution in [-0.2, 0) is 6.54 Å². The molecular formula is C22H24N6O2. The lowest BCUT2D eigenvalue weighted by Crippen LogP contribution is -2.47. The summed E-state index contributed by atoms with van der Waals surface area (Å²) in [7, 11) is 1.67. The molecule has 0 spiro atoms. The summed E-state index contributed by atoms with van der Waals surface area (Å²) < 4.78 is 6.82. The van der Waals surface area contributed by atoms with Gasteiger partial charge in [0.1, 0.15) is 23.1 Å². The maximum absolute atomic E-state index is 12.9. The van der Waals surface area contributed by atoms with Gasteiger partial charge in [0.25, 0.3) is 0 Å². The Morgan fingerprint density at radius 1 is 1.23 bits per heavy atom. The Morgan fingerprint density at radius 3 is 2.73 bits per heavy atom. The minimum Gasteiger partial charge on any atom is -0.497 e. The third kappa shape index (κ3) is 4.17. The van der Waals surface area contributed by atoms with Crippen LogP contribution in [0, 0.1) is 18.3 Å². The van der Waals surface area contributed by atoms with Crippen molar-refractivity contribution in [1.29, 1.82) is 5.26 Å². The van der Waals surface area contributed by atoms with Crippen LogP contribution in [0.3, 0.4) is 0 Å². The number of rotatable bonds is 6. The summed E-state index contributed by atoms with van der Waals surface area (Å²) in [6.45, 7) is 6.35. The third-order valence-corrected chi connectivity index (χ3v) is 5.35. The average Bonchev–Trinajstić information content (AvgIpc) is 3.13. The van der Waals surface area contributed by atoms with Crippen LogP contribution in [-0.4, -0.2) is 70.0 Å². The van der Waals surface area contributed by atoms with Crippen LogP contribution < -0.4 is 4.74 Å². The summed E-state index contributed by atoms with van der Waals surface area (Å²) in [5, 5.41) is 13.8. The molecule has 1 saturated heterocycles. The van der Waals surface area contributed by atoms with Crippen LogP contribution >= 0.6 is 0 Å². The molecule has 4 rings (SSSR count). The van der Waals surface area contributed by atoms with Gasteiger partial charge in [-0.05, 0) is 30.2 Å². The molecule has 30 heavy (non-hydrogen) atoms. The molecule has 0 unspecified atom stereocenters. The number of ether oxygens (including phenoxy) is 1. The molecule has 1 fully saturated rings. The number of carbonyl (C=O) groups excluding carboxylic acids is 1. The number of benzene rings is 1. The molecule has 0 saturated carbocycles. The minimum atomic E-state index is -0.143. The Balaban J connectivity index is 1.38. The predicted molar refractivity (Wildman–Crippen MR) is 111 cm³/mol. The van der Waals surface area contributed by atoms with Crippen LogP contribution in [0.5, 0.6) is 5.75 Å². The van der Waals surface area contributed by atoms with Crippen molar-refractivity contribution >= 4 is 11.4 Å². The number of hydrogen-bond acceptors (Lipinski definition) is 7. The lowest BCUT2D eigenvalue weighted by molar-refractivity contribution is 0.0838. The zero-order chi connectivity index (χ0) is 21.1. The summed E-state index contributed by atoms with van der Waals surface area (Å²) in [4.78, 5) is 21.6. The first kappa shape index (κ1) is 20.0. The number of nitrogens with zero attached hydrogens (tertiary/aromatic N) is 6. The van der Waals surface area contributed by atoms with Crippen molar-refractivity contribution in [2.75, 3.05) is 39.8 Å². The molecule has 0 bridgehead atoms. The Labute approximate surface area is 175 Å². The van der Waals surface area contributed by atoms with E-state index in [9.17, 15) is 10.1 Å². The van der Waals surface area contributed by atoms with Gasteiger partial charge >= 0.3 is 0 Å². The molecule has 1 aliphatic heterocycles. The van der Waals surface area contributed by atoms with Gasteiger partial charge in [0.2, 0.25) is 0 Å². The summed E-state index contributed by atoms with van der Waals surface area (Å²) in [6, 6.07) is 10.2. The molecule has 1 aromatic carbocycles.